The average molecular weight is 449 g/mol. The Morgan fingerprint density at radius 1 is 1.07 bits per heavy atom. The smallest absolute Gasteiger partial charge is 0.240 e. The second-order valence-electron chi connectivity index (χ2n) is 7.09. The molecule has 1 aromatic heterocycles. The van der Waals surface area contributed by atoms with Gasteiger partial charge in [0.2, 0.25) is 10.0 Å². The van der Waals surface area contributed by atoms with Crippen molar-refractivity contribution in [1.82, 2.24) is 10.0 Å². The molecular weight excluding hydrogens is 424 g/mol. The molecule has 0 saturated carbocycles. The van der Waals surface area contributed by atoms with Crippen molar-refractivity contribution in [3.8, 4) is 0 Å². The summed E-state index contributed by atoms with van der Waals surface area (Å²) in [5.41, 5.74) is 1.94. The molecule has 0 radical (unpaired) electrons. The Morgan fingerprint density at radius 2 is 1.77 bits per heavy atom. The standard InChI is InChI=1S/C22H25ClN2O4S/c1-16(24-14-20(26)13-17-4-8-19(23)9-5-17)18-6-10-22(11-7-18)30(27,28)25-15-21-3-2-12-29-21/h2-12,16,20,24-26H,13-15H2,1H3. The molecule has 0 spiro atoms. The van der Waals surface area contributed by atoms with Crippen LogP contribution in [0.4, 0.5) is 0 Å². The van der Waals surface area contributed by atoms with Gasteiger partial charge >= 0.3 is 0 Å². The molecular formula is C22H25ClN2O4S. The summed E-state index contributed by atoms with van der Waals surface area (Å²) in [5, 5.41) is 14.2. The van der Waals surface area contributed by atoms with Crippen molar-refractivity contribution in [2.75, 3.05) is 6.54 Å². The number of aliphatic hydroxyl groups is 1. The van der Waals surface area contributed by atoms with E-state index >= 15 is 0 Å². The normalized spacial score (nSPS) is 13.8. The van der Waals surface area contributed by atoms with E-state index in [2.05, 4.69) is 10.0 Å². The van der Waals surface area contributed by atoms with Crippen LogP contribution in [0.3, 0.4) is 0 Å². The molecule has 1 heterocycles. The molecule has 3 aromatic rings. The molecule has 160 valence electrons. The van der Waals surface area contributed by atoms with Crippen molar-refractivity contribution >= 4 is 21.6 Å². The van der Waals surface area contributed by atoms with Gasteiger partial charge in [-0.1, -0.05) is 35.9 Å². The Bertz CT molecular complexity index is 1020. The first-order chi connectivity index (χ1) is 14.3. The number of furan rings is 1. The number of rotatable bonds is 10. The SMILES string of the molecule is CC(NCC(O)Cc1ccc(Cl)cc1)c1ccc(S(=O)(=O)NCc2ccco2)cc1. The van der Waals surface area contributed by atoms with E-state index in [4.69, 9.17) is 16.0 Å². The number of nitrogens with one attached hydrogen (secondary N) is 2. The van der Waals surface area contributed by atoms with Crippen LogP contribution in [0.2, 0.25) is 5.02 Å². The third-order valence-corrected chi connectivity index (χ3v) is 6.42. The molecule has 2 atom stereocenters. The summed E-state index contributed by atoms with van der Waals surface area (Å²) in [4.78, 5) is 0.188. The fourth-order valence-electron chi connectivity index (χ4n) is 2.99. The largest absolute Gasteiger partial charge is 0.468 e. The zero-order valence-electron chi connectivity index (χ0n) is 16.6. The highest BCUT2D eigenvalue weighted by Crippen LogP contribution is 2.17. The van der Waals surface area contributed by atoms with Crippen LogP contribution >= 0.6 is 11.6 Å². The zero-order valence-corrected chi connectivity index (χ0v) is 18.2. The van der Waals surface area contributed by atoms with Gasteiger partial charge in [0.05, 0.1) is 23.8 Å². The van der Waals surface area contributed by atoms with Crippen LogP contribution in [0.25, 0.3) is 0 Å². The molecule has 0 amide bonds. The van der Waals surface area contributed by atoms with Gasteiger partial charge in [0.25, 0.3) is 0 Å². The summed E-state index contributed by atoms with van der Waals surface area (Å²) in [6.07, 6.45) is 1.48. The number of halogens is 1. The zero-order chi connectivity index (χ0) is 21.6. The van der Waals surface area contributed by atoms with Crippen LogP contribution in [0.1, 0.15) is 29.9 Å². The molecule has 30 heavy (non-hydrogen) atoms. The van der Waals surface area contributed by atoms with Crippen molar-refractivity contribution in [1.29, 1.82) is 0 Å². The molecule has 0 aliphatic heterocycles. The maximum absolute atomic E-state index is 12.4. The summed E-state index contributed by atoms with van der Waals surface area (Å²) in [5.74, 6) is 0.546. The monoisotopic (exact) mass is 448 g/mol. The lowest BCUT2D eigenvalue weighted by atomic mass is 10.1. The Balaban J connectivity index is 1.51. The Kier molecular flexibility index (Phi) is 7.69. The van der Waals surface area contributed by atoms with Gasteiger partial charge in [0.1, 0.15) is 5.76 Å². The molecule has 0 bridgehead atoms. The van der Waals surface area contributed by atoms with Gasteiger partial charge < -0.3 is 14.8 Å². The van der Waals surface area contributed by atoms with E-state index in [1.807, 2.05) is 19.1 Å². The van der Waals surface area contributed by atoms with Gasteiger partial charge in [0.15, 0.2) is 0 Å². The van der Waals surface area contributed by atoms with Crippen LogP contribution in [-0.4, -0.2) is 26.2 Å². The molecule has 0 aliphatic carbocycles. The first-order valence-corrected chi connectivity index (χ1v) is 11.5. The second kappa shape index (κ2) is 10.2. The van der Waals surface area contributed by atoms with Gasteiger partial charge in [-0.15, -0.1) is 0 Å². The Hall–Kier alpha value is -2.16. The van der Waals surface area contributed by atoms with E-state index in [0.717, 1.165) is 11.1 Å². The summed E-state index contributed by atoms with van der Waals surface area (Å²) in [7, 11) is -3.62. The highest BCUT2D eigenvalue weighted by molar-refractivity contribution is 7.89. The number of hydrogen-bond acceptors (Lipinski definition) is 5. The Morgan fingerprint density at radius 3 is 2.40 bits per heavy atom. The van der Waals surface area contributed by atoms with Crippen LogP contribution in [0.15, 0.2) is 76.2 Å². The number of sulfonamides is 1. The molecule has 2 unspecified atom stereocenters. The van der Waals surface area contributed by atoms with E-state index in [9.17, 15) is 13.5 Å². The van der Waals surface area contributed by atoms with Crippen LogP contribution < -0.4 is 10.0 Å². The van der Waals surface area contributed by atoms with Crippen molar-refractivity contribution in [3.05, 3.63) is 88.8 Å². The minimum Gasteiger partial charge on any atom is -0.468 e. The lowest BCUT2D eigenvalue weighted by molar-refractivity contribution is 0.168. The number of hydrogen-bond donors (Lipinski definition) is 3. The van der Waals surface area contributed by atoms with Crippen LogP contribution in [0.5, 0.6) is 0 Å². The molecule has 0 fully saturated rings. The van der Waals surface area contributed by atoms with E-state index in [-0.39, 0.29) is 17.5 Å². The van der Waals surface area contributed by atoms with Gasteiger partial charge in [0, 0.05) is 17.6 Å². The molecule has 3 N–H and O–H groups in total. The summed E-state index contributed by atoms with van der Waals surface area (Å²) in [6.45, 7) is 2.47. The predicted molar refractivity (Wildman–Crippen MR) is 117 cm³/mol. The van der Waals surface area contributed by atoms with Crippen LogP contribution in [-0.2, 0) is 23.0 Å². The van der Waals surface area contributed by atoms with Gasteiger partial charge in [-0.2, -0.15) is 0 Å². The van der Waals surface area contributed by atoms with Crippen LogP contribution in [0, 0.1) is 0 Å². The summed E-state index contributed by atoms with van der Waals surface area (Å²) >= 11 is 5.88. The lowest BCUT2D eigenvalue weighted by Crippen LogP contribution is -2.30. The fourth-order valence-corrected chi connectivity index (χ4v) is 4.11. The predicted octanol–water partition coefficient (Wildman–Crippen LogP) is 3.67. The van der Waals surface area contributed by atoms with Gasteiger partial charge in [-0.25, -0.2) is 13.1 Å². The summed E-state index contributed by atoms with van der Waals surface area (Å²) in [6, 6.07) is 17.5. The highest BCUT2D eigenvalue weighted by Gasteiger charge is 2.16. The molecule has 0 saturated heterocycles. The minimum atomic E-state index is -3.62. The van der Waals surface area contributed by atoms with E-state index in [0.29, 0.717) is 23.7 Å². The van der Waals surface area contributed by atoms with E-state index < -0.39 is 16.1 Å². The molecule has 6 nitrogen and oxygen atoms in total. The van der Waals surface area contributed by atoms with Crippen molar-refractivity contribution in [3.63, 3.8) is 0 Å². The van der Waals surface area contributed by atoms with Crippen molar-refractivity contribution in [2.24, 2.45) is 0 Å². The third-order valence-electron chi connectivity index (χ3n) is 4.75. The van der Waals surface area contributed by atoms with E-state index in [1.165, 1.54) is 6.26 Å². The van der Waals surface area contributed by atoms with Gasteiger partial charge in [-0.3, -0.25) is 0 Å². The highest BCUT2D eigenvalue weighted by atomic mass is 35.5. The molecule has 2 aromatic carbocycles. The number of aliphatic hydroxyl groups excluding tert-OH is 1. The van der Waals surface area contributed by atoms with Gasteiger partial charge in [-0.05, 0) is 60.9 Å². The fraction of sp³-hybridized carbons (Fsp3) is 0.273. The second-order valence-corrected chi connectivity index (χ2v) is 9.29. The van der Waals surface area contributed by atoms with Crippen molar-refractivity contribution in [2.45, 2.75) is 36.9 Å². The minimum absolute atomic E-state index is 0.0438. The Labute approximate surface area is 181 Å². The molecule has 0 aliphatic rings. The first-order valence-electron chi connectivity index (χ1n) is 9.61. The number of benzene rings is 2. The first kappa shape index (κ1) is 22.5. The summed E-state index contributed by atoms with van der Waals surface area (Å²) < 4.78 is 32.5. The topological polar surface area (TPSA) is 91.6 Å². The average Bonchev–Trinajstić information content (AvgIpc) is 3.26. The van der Waals surface area contributed by atoms with Crippen molar-refractivity contribution < 1.29 is 17.9 Å². The third kappa shape index (κ3) is 6.42. The quantitative estimate of drug-likeness (QED) is 0.440. The maximum Gasteiger partial charge on any atom is 0.240 e. The lowest BCUT2D eigenvalue weighted by Gasteiger charge is -2.18. The van der Waals surface area contributed by atoms with E-state index in [1.54, 1.807) is 48.5 Å². The molecule has 3 rings (SSSR count). The molecule has 8 heteroatoms. The maximum atomic E-state index is 12.4.